The van der Waals surface area contributed by atoms with Crippen LogP contribution in [0.1, 0.15) is 30.3 Å². The highest BCUT2D eigenvalue weighted by Crippen LogP contribution is 2.44. The van der Waals surface area contributed by atoms with Crippen molar-refractivity contribution in [2.45, 2.75) is 32.7 Å². The molecule has 2 aliphatic rings. The molecule has 2 aromatic rings. The number of carbonyl (C=O) groups is 1. The van der Waals surface area contributed by atoms with E-state index in [4.69, 9.17) is 9.26 Å². The fourth-order valence-corrected chi connectivity index (χ4v) is 4.47. The average Bonchev–Trinajstić information content (AvgIpc) is 3.37. The molecule has 1 atom stereocenters. The van der Waals surface area contributed by atoms with Crippen molar-refractivity contribution in [1.82, 2.24) is 29.9 Å². The summed E-state index contributed by atoms with van der Waals surface area (Å²) in [6.45, 7) is 6.23. The Hall–Kier alpha value is -2.26. The molecular weight excluding hydrogens is 360 g/mol. The number of rotatable bonds is 6. The second kappa shape index (κ2) is 8.00. The summed E-state index contributed by atoms with van der Waals surface area (Å²) in [5, 5.41) is 6.98. The van der Waals surface area contributed by atoms with Crippen molar-refractivity contribution in [3.8, 4) is 0 Å². The van der Waals surface area contributed by atoms with Gasteiger partial charge >= 0.3 is 0 Å². The first-order valence-corrected chi connectivity index (χ1v) is 9.88. The standard InChI is InChI=1S/C19H28N6O3/c1-14-22-17(23-28-14)3-6-21-18(26)16-11-25(10-15-9-20-13-24(15)2)12-19(16)4-7-27-8-5-19/h9,13,16H,3-8,10-12H2,1-2H3,(H,21,26). The maximum Gasteiger partial charge on any atom is 0.225 e. The Labute approximate surface area is 164 Å². The molecule has 1 amide bonds. The molecule has 2 fully saturated rings. The fraction of sp³-hybridized carbons (Fsp3) is 0.684. The van der Waals surface area contributed by atoms with Gasteiger partial charge in [0.05, 0.1) is 17.9 Å². The first kappa shape index (κ1) is 19.1. The third-order valence-electron chi connectivity index (χ3n) is 6.04. The van der Waals surface area contributed by atoms with Gasteiger partial charge < -0.3 is 19.1 Å². The number of nitrogens with zero attached hydrogens (tertiary/aromatic N) is 5. The van der Waals surface area contributed by atoms with Crippen molar-refractivity contribution in [2.75, 3.05) is 32.8 Å². The maximum atomic E-state index is 13.1. The van der Waals surface area contributed by atoms with Crippen molar-refractivity contribution < 1.29 is 14.1 Å². The summed E-state index contributed by atoms with van der Waals surface area (Å²) >= 11 is 0. The molecule has 2 aromatic heterocycles. The highest BCUT2D eigenvalue weighted by atomic mass is 16.5. The molecule has 4 rings (SSSR count). The lowest BCUT2D eigenvalue weighted by Gasteiger charge is -2.37. The quantitative estimate of drug-likeness (QED) is 0.778. The number of amides is 1. The zero-order chi connectivity index (χ0) is 19.6. The van der Waals surface area contributed by atoms with E-state index in [9.17, 15) is 4.79 Å². The van der Waals surface area contributed by atoms with Crippen LogP contribution in [0.2, 0.25) is 0 Å². The third kappa shape index (κ3) is 3.95. The van der Waals surface area contributed by atoms with Gasteiger partial charge in [-0.3, -0.25) is 9.69 Å². The maximum absolute atomic E-state index is 13.1. The molecule has 28 heavy (non-hydrogen) atoms. The zero-order valence-corrected chi connectivity index (χ0v) is 16.6. The smallest absolute Gasteiger partial charge is 0.225 e. The van der Waals surface area contributed by atoms with Gasteiger partial charge in [-0.15, -0.1) is 0 Å². The van der Waals surface area contributed by atoms with Gasteiger partial charge in [-0.2, -0.15) is 4.98 Å². The van der Waals surface area contributed by atoms with Crippen LogP contribution in [-0.4, -0.2) is 63.3 Å². The molecule has 0 aromatic carbocycles. The molecule has 9 nitrogen and oxygen atoms in total. The minimum atomic E-state index is -0.0309. The highest BCUT2D eigenvalue weighted by Gasteiger charge is 2.50. The van der Waals surface area contributed by atoms with E-state index in [0.717, 1.165) is 51.4 Å². The van der Waals surface area contributed by atoms with Gasteiger partial charge in [0, 0.05) is 71.4 Å². The molecule has 0 radical (unpaired) electrons. The molecule has 9 heteroatoms. The molecule has 0 saturated carbocycles. The Morgan fingerprint density at radius 2 is 2.21 bits per heavy atom. The minimum Gasteiger partial charge on any atom is -0.381 e. The number of aromatic nitrogens is 4. The Morgan fingerprint density at radius 1 is 1.39 bits per heavy atom. The van der Waals surface area contributed by atoms with Gasteiger partial charge in [0.2, 0.25) is 11.8 Å². The van der Waals surface area contributed by atoms with Crippen molar-refractivity contribution in [1.29, 1.82) is 0 Å². The molecule has 1 spiro atoms. The zero-order valence-electron chi connectivity index (χ0n) is 16.6. The molecule has 1 N–H and O–H groups in total. The number of nitrogens with one attached hydrogen (secondary N) is 1. The van der Waals surface area contributed by atoms with E-state index in [1.165, 1.54) is 0 Å². The van der Waals surface area contributed by atoms with Crippen molar-refractivity contribution >= 4 is 5.91 Å². The second-order valence-corrected chi connectivity index (χ2v) is 7.96. The molecular formula is C19H28N6O3. The number of imidazole rings is 1. The van der Waals surface area contributed by atoms with E-state index < -0.39 is 0 Å². The van der Waals surface area contributed by atoms with Crippen molar-refractivity contribution in [3.05, 3.63) is 29.9 Å². The summed E-state index contributed by atoms with van der Waals surface area (Å²) in [4.78, 5) is 23.9. The van der Waals surface area contributed by atoms with Gasteiger partial charge in [-0.25, -0.2) is 4.98 Å². The summed E-state index contributed by atoms with van der Waals surface area (Å²) in [5.74, 6) is 1.26. The molecule has 0 aliphatic carbocycles. The predicted molar refractivity (Wildman–Crippen MR) is 100 cm³/mol. The van der Waals surface area contributed by atoms with Crippen LogP contribution in [-0.2, 0) is 29.5 Å². The fourth-order valence-electron chi connectivity index (χ4n) is 4.47. The lowest BCUT2D eigenvalue weighted by Crippen LogP contribution is -2.44. The predicted octanol–water partition coefficient (Wildman–Crippen LogP) is 0.699. The van der Waals surface area contributed by atoms with Gasteiger partial charge in [-0.05, 0) is 12.8 Å². The number of carbonyl (C=O) groups excluding carboxylic acids is 1. The second-order valence-electron chi connectivity index (χ2n) is 7.96. The van der Waals surface area contributed by atoms with Crippen molar-refractivity contribution in [2.24, 2.45) is 18.4 Å². The van der Waals surface area contributed by atoms with Crippen LogP contribution in [0.4, 0.5) is 0 Å². The van der Waals surface area contributed by atoms with Crippen LogP contribution in [0, 0.1) is 18.3 Å². The van der Waals surface area contributed by atoms with Crippen molar-refractivity contribution in [3.63, 3.8) is 0 Å². The van der Waals surface area contributed by atoms with E-state index in [2.05, 4.69) is 25.3 Å². The van der Waals surface area contributed by atoms with Gasteiger partial charge in [0.1, 0.15) is 0 Å². The number of ether oxygens (including phenoxy) is 1. The Morgan fingerprint density at radius 3 is 2.89 bits per heavy atom. The van der Waals surface area contributed by atoms with E-state index in [1.807, 2.05) is 24.1 Å². The van der Waals surface area contributed by atoms with Crippen LogP contribution < -0.4 is 5.32 Å². The largest absolute Gasteiger partial charge is 0.381 e. The van der Waals surface area contributed by atoms with Crippen LogP contribution in [0.25, 0.3) is 0 Å². The van der Waals surface area contributed by atoms with Crippen LogP contribution in [0.15, 0.2) is 17.0 Å². The van der Waals surface area contributed by atoms with E-state index in [0.29, 0.717) is 24.7 Å². The van der Waals surface area contributed by atoms with Gasteiger partial charge in [0.15, 0.2) is 5.82 Å². The third-order valence-corrected chi connectivity index (χ3v) is 6.04. The summed E-state index contributed by atoms with van der Waals surface area (Å²) < 4.78 is 12.6. The Bertz CT molecular complexity index is 810. The number of hydrogen-bond acceptors (Lipinski definition) is 7. The number of aryl methyl sites for hydroxylation is 2. The van der Waals surface area contributed by atoms with E-state index in [1.54, 1.807) is 6.92 Å². The van der Waals surface area contributed by atoms with E-state index in [-0.39, 0.29) is 17.2 Å². The first-order chi connectivity index (χ1) is 13.6. The lowest BCUT2D eigenvalue weighted by atomic mass is 9.72. The van der Waals surface area contributed by atoms with Crippen LogP contribution >= 0.6 is 0 Å². The summed E-state index contributed by atoms with van der Waals surface area (Å²) in [7, 11) is 2.01. The Balaban J connectivity index is 1.40. The molecule has 2 saturated heterocycles. The van der Waals surface area contributed by atoms with Gasteiger partial charge in [-0.1, -0.05) is 5.16 Å². The normalized spacial score (nSPS) is 22.0. The molecule has 4 heterocycles. The van der Waals surface area contributed by atoms with Crippen LogP contribution in [0.3, 0.4) is 0 Å². The van der Waals surface area contributed by atoms with Crippen LogP contribution in [0.5, 0.6) is 0 Å². The molecule has 2 aliphatic heterocycles. The molecule has 0 bridgehead atoms. The number of likely N-dealkylation sites (tertiary alicyclic amines) is 1. The summed E-state index contributed by atoms with van der Waals surface area (Å²) in [6.07, 6.45) is 6.15. The SMILES string of the molecule is Cc1nc(CCNC(=O)C2CN(Cc3cncn3C)CC23CCOCC3)no1. The molecule has 1 unspecified atom stereocenters. The minimum absolute atomic E-state index is 0.0103. The Kier molecular flexibility index (Phi) is 5.45. The van der Waals surface area contributed by atoms with E-state index >= 15 is 0 Å². The first-order valence-electron chi connectivity index (χ1n) is 9.88. The summed E-state index contributed by atoms with van der Waals surface area (Å²) in [5.41, 5.74) is 1.15. The monoisotopic (exact) mass is 388 g/mol. The van der Waals surface area contributed by atoms with Gasteiger partial charge in [0.25, 0.3) is 0 Å². The highest BCUT2D eigenvalue weighted by molar-refractivity contribution is 5.80. The topological polar surface area (TPSA) is 98.3 Å². The number of hydrogen-bond donors (Lipinski definition) is 1. The molecule has 152 valence electrons. The summed E-state index contributed by atoms with van der Waals surface area (Å²) in [6, 6.07) is 0. The lowest BCUT2D eigenvalue weighted by molar-refractivity contribution is -0.129. The average molecular weight is 388 g/mol.